The second kappa shape index (κ2) is 13.5. The van der Waals surface area contributed by atoms with E-state index >= 15 is 0 Å². The third kappa shape index (κ3) is 6.85. The molecule has 0 N–H and O–H groups in total. The summed E-state index contributed by atoms with van der Waals surface area (Å²) in [5.74, 6) is -0.545. The largest absolute Gasteiger partial charge is 0.444 e. The number of hydrogen-bond acceptors (Lipinski definition) is 7. The number of carbonyl (C=O) groups excluding carboxylic acids is 2. The molecule has 4 heterocycles. The Balaban J connectivity index is 1.28. The van der Waals surface area contributed by atoms with Crippen LogP contribution in [0.5, 0.6) is 0 Å². The summed E-state index contributed by atoms with van der Waals surface area (Å²) in [5.41, 5.74) is 4.87. The predicted molar refractivity (Wildman–Crippen MR) is 178 cm³/mol. The van der Waals surface area contributed by atoms with Gasteiger partial charge >= 0.3 is 6.09 Å². The Bertz CT molecular complexity index is 1810. The molecule has 2 aliphatic rings. The van der Waals surface area contributed by atoms with Crippen molar-refractivity contribution in [3.63, 3.8) is 0 Å². The van der Waals surface area contributed by atoms with Crippen molar-refractivity contribution < 1.29 is 23.5 Å². The van der Waals surface area contributed by atoms with E-state index in [0.717, 1.165) is 41.8 Å². The van der Waals surface area contributed by atoms with E-state index in [1.54, 1.807) is 27.6 Å². The second-order valence-electron chi connectivity index (χ2n) is 13.7. The highest BCUT2D eigenvalue weighted by atomic mass is 19.1. The number of ether oxygens (including phenoxy) is 2. The van der Waals surface area contributed by atoms with Gasteiger partial charge in [-0.1, -0.05) is 23.4 Å². The molecule has 11 nitrogen and oxygen atoms in total. The summed E-state index contributed by atoms with van der Waals surface area (Å²) in [6.45, 7) is 13.1. The maximum atomic E-state index is 14.8. The zero-order valence-corrected chi connectivity index (χ0v) is 28.6. The Morgan fingerprint density at radius 3 is 2.58 bits per heavy atom. The standard InChI is InChI=1S/C36H44FN7O4/c1-23-14-15-28(31(19-23)43-21-26(38-40-43)20-27-11-9-10-16-41(27)35(46)48-36(4,5)6)34(45)42-17-18-47-22-32(42)33-24(2)39-44(25(33)3)30-13-8-7-12-29(30)37/h7-8,12-15,19,21,27,32H,9-11,16-18,20,22H2,1-6H3. The molecule has 254 valence electrons. The second-order valence-corrected chi connectivity index (χ2v) is 13.7. The highest BCUT2D eigenvalue weighted by Gasteiger charge is 2.35. The minimum Gasteiger partial charge on any atom is -0.444 e. The van der Waals surface area contributed by atoms with Crippen molar-refractivity contribution in [3.05, 3.63) is 88.3 Å². The van der Waals surface area contributed by atoms with Gasteiger partial charge in [0.15, 0.2) is 0 Å². The van der Waals surface area contributed by atoms with Crippen molar-refractivity contribution in [1.82, 2.24) is 34.6 Å². The number of nitrogens with zero attached hydrogens (tertiary/aromatic N) is 7. The summed E-state index contributed by atoms with van der Waals surface area (Å²) < 4.78 is 29.6. The van der Waals surface area contributed by atoms with Gasteiger partial charge in [-0.25, -0.2) is 18.5 Å². The van der Waals surface area contributed by atoms with Crippen LogP contribution >= 0.6 is 0 Å². The fourth-order valence-corrected chi connectivity index (χ4v) is 6.77. The molecule has 2 fully saturated rings. The average molecular weight is 658 g/mol. The molecule has 2 aromatic carbocycles. The van der Waals surface area contributed by atoms with E-state index < -0.39 is 11.6 Å². The molecule has 0 aliphatic carbocycles. The molecule has 2 aromatic heterocycles. The van der Waals surface area contributed by atoms with Gasteiger partial charge in [-0.3, -0.25) is 4.79 Å². The summed E-state index contributed by atoms with van der Waals surface area (Å²) in [6.07, 6.45) is 4.87. The summed E-state index contributed by atoms with van der Waals surface area (Å²) >= 11 is 0. The number of carbonyl (C=O) groups is 2. The number of halogens is 1. The molecule has 6 rings (SSSR count). The summed E-state index contributed by atoms with van der Waals surface area (Å²) in [7, 11) is 0. The number of likely N-dealkylation sites (tertiary alicyclic amines) is 1. The van der Waals surface area contributed by atoms with Crippen molar-refractivity contribution in [2.45, 2.75) is 84.9 Å². The first-order chi connectivity index (χ1) is 22.9. The van der Waals surface area contributed by atoms with Gasteiger partial charge in [0.2, 0.25) is 0 Å². The van der Waals surface area contributed by atoms with Crippen LogP contribution in [0.15, 0.2) is 48.7 Å². The van der Waals surface area contributed by atoms with Crippen LogP contribution in [0.25, 0.3) is 11.4 Å². The molecule has 2 unspecified atom stereocenters. The molecule has 2 saturated heterocycles. The van der Waals surface area contributed by atoms with Crippen LogP contribution in [0.4, 0.5) is 9.18 Å². The van der Waals surface area contributed by atoms with Gasteiger partial charge in [-0.05, 0) is 90.6 Å². The van der Waals surface area contributed by atoms with E-state index in [2.05, 4.69) is 15.4 Å². The number of rotatable bonds is 6. The lowest BCUT2D eigenvalue weighted by Crippen LogP contribution is -2.47. The normalized spacial score (nSPS) is 18.6. The van der Waals surface area contributed by atoms with Gasteiger partial charge in [-0.15, -0.1) is 5.10 Å². The number of piperidine rings is 1. The lowest BCUT2D eigenvalue weighted by Gasteiger charge is -2.36. The van der Waals surface area contributed by atoms with Gasteiger partial charge in [0.1, 0.15) is 17.1 Å². The van der Waals surface area contributed by atoms with Crippen LogP contribution in [0.1, 0.15) is 84.6 Å². The zero-order valence-electron chi connectivity index (χ0n) is 28.6. The summed E-state index contributed by atoms with van der Waals surface area (Å²) in [6, 6.07) is 11.7. The highest BCUT2D eigenvalue weighted by Crippen LogP contribution is 2.33. The quantitative estimate of drug-likeness (QED) is 0.248. The first-order valence-corrected chi connectivity index (χ1v) is 16.6. The lowest BCUT2D eigenvalue weighted by molar-refractivity contribution is -0.00305. The van der Waals surface area contributed by atoms with Gasteiger partial charge in [0.05, 0.1) is 48.1 Å². The first kappa shape index (κ1) is 33.3. The monoisotopic (exact) mass is 657 g/mol. The Hall–Kier alpha value is -4.58. The maximum Gasteiger partial charge on any atom is 0.410 e. The number of aryl methyl sites for hydroxylation is 2. The molecule has 2 amide bonds. The van der Waals surface area contributed by atoms with Crippen LogP contribution in [0.2, 0.25) is 0 Å². The molecule has 12 heteroatoms. The van der Waals surface area contributed by atoms with Gasteiger partial charge in [0, 0.05) is 36.8 Å². The third-order valence-electron chi connectivity index (χ3n) is 9.02. The topological polar surface area (TPSA) is 108 Å². The average Bonchev–Trinajstić information content (AvgIpc) is 3.63. The number of hydrogen-bond donors (Lipinski definition) is 0. The van der Waals surface area contributed by atoms with Crippen LogP contribution < -0.4 is 0 Å². The fourth-order valence-electron chi connectivity index (χ4n) is 6.77. The van der Waals surface area contributed by atoms with E-state index in [1.165, 1.54) is 6.07 Å². The molecule has 0 saturated carbocycles. The van der Waals surface area contributed by atoms with Crippen LogP contribution in [0.3, 0.4) is 0 Å². The molecule has 2 atom stereocenters. The van der Waals surface area contributed by atoms with Gasteiger partial charge in [0.25, 0.3) is 5.91 Å². The number of benzene rings is 2. The Morgan fingerprint density at radius 1 is 1.02 bits per heavy atom. The van der Waals surface area contributed by atoms with Crippen LogP contribution in [0, 0.1) is 26.6 Å². The SMILES string of the molecule is Cc1ccc(C(=O)N2CCOCC2c2c(C)nn(-c3ccccc3F)c2C)c(-n2cc(CC3CCCCN3C(=O)OC(C)(C)C)nn2)c1. The van der Waals surface area contributed by atoms with Crippen molar-refractivity contribution in [2.75, 3.05) is 26.3 Å². The maximum absolute atomic E-state index is 14.8. The molecule has 0 radical (unpaired) electrons. The predicted octanol–water partition coefficient (Wildman–Crippen LogP) is 6.06. The minimum atomic E-state index is -0.576. The highest BCUT2D eigenvalue weighted by molar-refractivity contribution is 5.98. The Labute approximate surface area is 280 Å². The number of para-hydroxylation sites is 1. The molecular weight excluding hydrogens is 613 g/mol. The zero-order chi connectivity index (χ0) is 34.2. The number of amides is 2. The Kier molecular flexibility index (Phi) is 9.37. The molecule has 48 heavy (non-hydrogen) atoms. The smallest absolute Gasteiger partial charge is 0.410 e. The van der Waals surface area contributed by atoms with E-state index in [4.69, 9.17) is 9.47 Å². The van der Waals surface area contributed by atoms with Crippen molar-refractivity contribution in [2.24, 2.45) is 0 Å². The van der Waals surface area contributed by atoms with E-state index in [-0.39, 0.29) is 23.9 Å². The molecular formula is C36H44FN7O4. The van der Waals surface area contributed by atoms with Crippen molar-refractivity contribution >= 4 is 12.0 Å². The van der Waals surface area contributed by atoms with Crippen molar-refractivity contribution in [1.29, 1.82) is 0 Å². The van der Waals surface area contributed by atoms with E-state index in [9.17, 15) is 14.0 Å². The molecule has 0 spiro atoms. The Morgan fingerprint density at radius 2 is 1.81 bits per heavy atom. The summed E-state index contributed by atoms with van der Waals surface area (Å²) in [5, 5.41) is 13.6. The number of aromatic nitrogens is 5. The fraction of sp³-hybridized carbons (Fsp3) is 0.472. The first-order valence-electron chi connectivity index (χ1n) is 16.6. The molecule has 4 aromatic rings. The van der Waals surface area contributed by atoms with E-state index in [0.29, 0.717) is 55.4 Å². The van der Waals surface area contributed by atoms with Crippen LogP contribution in [-0.2, 0) is 15.9 Å². The number of morpholine rings is 1. The molecule has 0 bridgehead atoms. The van der Waals surface area contributed by atoms with Gasteiger partial charge in [-0.2, -0.15) is 5.10 Å². The summed E-state index contributed by atoms with van der Waals surface area (Å²) in [4.78, 5) is 31.1. The minimum absolute atomic E-state index is 0.0526. The lowest BCUT2D eigenvalue weighted by atomic mass is 9.98. The van der Waals surface area contributed by atoms with E-state index in [1.807, 2.05) is 75.7 Å². The molecule has 2 aliphatic heterocycles. The third-order valence-corrected chi connectivity index (χ3v) is 9.02. The van der Waals surface area contributed by atoms with Crippen LogP contribution in [-0.4, -0.2) is 84.5 Å². The van der Waals surface area contributed by atoms with Gasteiger partial charge < -0.3 is 19.3 Å². The van der Waals surface area contributed by atoms with Crippen molar-refractivity contribution in [3.8, 4) is 11.4 Å².